The van der Waals surface area contributed by atoms with Gasteiger partial charge in [-0.25, -0.2) is 0 Å². The monoisotopic (exact) mass is 184 g/mol. The summed E-state index contributed by atoms with van der Waals surface area (Å²) in [5, 5.41) is 3.63. The molecule has 2 heteroatoms. The molecule has 3 unspecified atom stereocenters. The lowest BCUT2D eigenvalue weighted by Crippen LogP contribution is -2.34. The third kappa shape index (κ3) is 3.65. The van der Waals surface area contributed by atoms with Crippen LogP contribution >= 0.6 is 0 Å². The SMILES string of the molecule is CCC(CN)CNC1CCC(C)C1. The second kappa shape index (κ2) is 5.61. The lowest BCUT2D eigenvalue weighted by molar-refractivity contribution is 0.418. The number of hydrogen-bond donors (Lipinski definition) is 2. The predicted octanol–water partition coefficient (Wildman–Crippen LogP) is 1.75. The Hall–Kier alpha value is -0.0800. The van der Waals surface area contributed by atoms with Crippen LogP contribution in [-0.4, -0.2) is 19.1 Å². The van der Waals surface area contributed by atoms with E-state index >= 15 is 0 Å². The smallest absolute Gasteiger partial charge is 0.00698 e. The molecule has 0 aromatic heterocycles. The summed E-state index contributed by atoms with van der Waals surface area (Å²) in [4.78, 5) is 0. The quantitative estimate of drug-likeness (QED) is 0.683. The van der Waals surface area contributed by atoms with E-state index in [2.05, 4.69) is 19.2 Å². The summed E-state index contributed by atoms with van der Waals surface area (Å²) in [6.45, 7) is 6.51. The van der Waals surface area contributed by atoms with E-state index in [1.807, 2.05) is 0 Å². The highest BCUT2D eigenvalue weighted by Gasteiger charge is 2.20. The van der Waals surface area contributed by atoms with Crippen molar-refractivity contribution in [3.05, 3.63) is 0 Å². The number of hydrogen-bond acceptors (Lipinski definition) is 2. The van der Waals surface area contributed by atoms with Crippen LogP contribution < -0.4 is 11.1 Å². The maximum Gasteiger partial charge on any atom is 0.00698 e. The van der Waals surface area contributed by atoms with Gasteiger partial charge in [0.05, 0.1) is 0 Å². The fourth-order valence-electron chi connectivity index (χ4n) is 2.12. The van der Waals surface area contributed by atoms with Crippen LogP contribution in [0.25, 0.3) is 0 Å². The highest BCUT2D eigenvalue weighted by molar-refractivity contribution is 4.79. The van der Waals surface area contributed by atoms with Crippen LogP contribution in [0, 0.1) is 11.8 Å². The van der Waals surface area contributed by atoms with E-state index in [0.717, 1.165) is 25.0 Å². The van der Waals surface area contributed by atoms with Crippen molar-refractivity contribution < 1.29 is 0 Å². The maximum absolute atomic E-state index is 5.66. The summed E-state index contributed by atoms with van der Waals surface area (Å²) in [7, 11) is 0. The van der Waals surface area contributed by atoms with Gasteiger partial charge in [-0.3, -0.25) is 0 Å². The van der Waals surface area contributed by atoms with Crippen molar-refractivity contribution in [2.45, 2.75) is 45.6 Å². The number of nitrogens with two attached hydrogens (primary N) is 1. The van der Waals surface area contributed by atoms with Crippen LogP contribution in [0.15, 0.2) is 0 Å². The van der Waals surface area contributed by atoms with E-state index < -0.39 is 0 Å². The van der Waals surface area contributed by atoms with Crippen molar-refractivity contribution in [2.75, 3.05) is 13.1 Å². The largest absolute Gasteiger partial charge is 0.330 e. The van der Waals surface area contributed by atoms with Crippen molar-refractivity contribution in [3.8, 4) is 0 Å². The van der Waals surface area contributed by atoms with E-state index in [-0.39, 0.29) is 0 Å². The van der Waals surface area contributed by atoms with E-state index in [9.17, 15) is 0 Å². The Kier molecular flexibility index (Phi) is 4.74. The lowest BCUT2D eigenvalue weighted by atomic mass is 10.1. The molecular formula is C11H24N2. The molecule has 1 aliphatic rings. The van der Waals surface area contributed by atoms with Crippen LogP contribution in [0.2, 0.25) is 0 Å². The molecule has 0 spiro atoms. The van der Waals surface area contributed by atoms with Crippen molar-refractivity contribution in [1.82, 2.24) is 5.32 Å². The minimum atomic E-state index is 0.677. The normalized spacial score (nSPS) is 30.7. The van der Waals surface area contributed by atoms with Gasteiger partial charge in [-0.15, -0.1) is 0 Å². The van der Waals surface area contributed by atoms with Crippen molar-refractivity contribution in [3.63, 3.8) is 0 Å². The van der Waals surface area contributed by atoms with Gasteiger partial charge >= 0.3 is 0 Å². The summed E-state index contributed by atoms with van der Waals surface area (Å²) >= 11 is 0. The zero-order chi connectivity index (χ0) is 9.68. The zero-order valence-electron chi connectivity index (χ0n) is 9.05. The molecule has 0 bridgehead atoms. The molecule has 0 aromatic carbocycles. The molecule has 1 rings (SSSR count). The van der Waals surface area contributed by atoms with Crippen LogP contribution in [0.1, 0.15) is 39.5 Å². The molecule has 0 amide bonds. The fraction of sp³-hybridized carbons (Fsp3) is 1.00. The third-order valence-electron chi connectivity index (χ3n) is 3.30. The van der Waals surface area contributed by atoms with Gasteiger partial charge in [0, 0.05) is 6.04 Å². The van der Waals surface area contributed by atoms with E-state index in [4.69, 9.17) is 5.73 Å². The summed E-state index contributed by atoms with van der Waals surface area (Å²) in [6, 6.07) is 0.774. The second-order valence-corrected chi connectivity index (χ2v) is 4.53. The minimum Gasteiger partial charge on any atom is -0.330 e. The Bertz CT molecular complexity index is 132. The van der Waals surface area contributed by atoms with Crippen LogP contribution in [0.5, 0.6) is 0 Å². The van der Waals surface area contributed by atoms with Gasteiger partial charge in [-0.05, 0) is 44.2 Å². The molecule has 1 aliphatic carbocycles. The Morgan fingerprint density at radius 3 is 2.69 bits per heavy atom. The molecule has 0 radical (unpaired) electrons. The third-order valence-corrected chi connectivity index (χ3v) is 3.30. The number of nitrogens with one attached hydrogen (secondary N) is 1. The first-order valence-corrected chi connectivity index (χ1v) is 5.69. The first kappa shape index (κ1) is 11.0. The minimum absolute atomic E-state index is 0.677. The van der Waals surface area contributed by atoms with E-state index in [1.54, 1.807) is 0 Å². The van der Waals surface area contributed by atoms with Gasteiger partial charge in [0.2, 0.25) is 0 Å². The summed E-state index contributed by atoms with van der Waals surface area (Å²) < 4.78 is 0. The molecule has 3 N–H and O–H groups in total. The van der Waals surface area contributed by atoms with Crippen molar-refractivity contribution >= 4 is 0 Å². The van der Waals surface area contributed by atoms with Crippen LogP contribution in [-0.2, 0) is 0 Å². The Labute approximate surface area is 82.3 Å². The zero-order valence-corrected chi connectivity index (χ0v) is 9.05. The maximum atomic E-state index is 5.66. The van der Waals surface area contributed by atoms with Crippen LogP contribution in [0.3, 0.4) is 0 Å². The molecule has 2 nitrogen and oxygen atoms in total. The van der Waals surface area contributed by atoms with E-state index in [0.29, 0.717) is 5.92 Å². The Balaban J connectivity index is 2.11. The molecule has 0 aromatic rings. The van der Waals surface area contributed by atoms with Gasteiger partial charge in [0.25, 0.3) is 0 Å². The van der Waals surface area contributed by atoms with Gasteiger partial charge in [-0.2, -0.15) is 0 Å². The molecule has 0 aliphatic heterocycles. The molecule has 3 atom stereocenters. The highest BCUT2D eigenvalue weighted by Crippen LogP contribution is 2.24. The first-order valence-electron chi connectivity index (χ1n) is 5.69. The topological polar surface area (TPSA) is 38.0 Å². The van der Waals surface area contributed by atoms with Gasteiger partial charge in [-0.1, -0.05) is 20.3 Å². The molecule has 1 saturated carbocycles. The predicted molar refractivity (Wildman–Crippen MR) is 57.6 cm³/mol. The molecule has 13 heavy (non-hydrogen) atoms. The molecular weight excluding hydrogens is 160 g/mol. The molecule has 0 heterocycles. The molecule has 1 fully saturated rings. The van der Waals surface area contributed by atoms with Gasteiger partial charge in [0.15, 0.2) is 0 Å². The molecule has 0 saturated heterocycles. The van der Waals surface area contributed by atoms with Gasteiger partial charge in [0.1, 0.15) is 0 Å². The second-order valence-electron chi connectivity index (χ2n) is 4.53. The van der Waals surface area contributed by atoms with E-state index in [1.165, 1.54) is 25.7 Å². The number of rotatable bonds is 5. The average Bonchev–Trinajstić information content (AvgIpc) is 2.53. The lowest BCUT2D eigenvalue weighted by Gasteiger charge is -2.17. The Morgan fingerprint density at radius 2 is 2.23 bits per heavy atom. The summed E-state index contributed by atoms with van der Waals surface area (Å²) in [5.74, 6) is 1.60. The summed E-state index contributed by atoms with van der Waals surface area (Å²) in [6.07, 6.45) is 5.33. The highest BCUT2D eigenvalue weighted by atomic mass is 14.9. The average molecular weight is 184 g/mol. The van der Waals surface area contributed by atoms with Gasteiger partial charge < -0.3 is 11.1 Å². The summed E-state index contributed by atoms with van der Waals surface area (Å²) in [5.41, 5.74) is 5.66. The first-order chi connectivity index (χ1) is 6.26. The van der Waals surface area contributed by atoms with Crippen molar-refractivity contribution in [2.24, 2.45) is 17.6 Å². The molecule has 78 valence electrons. The van der Waals surface area contributed by atoms with Crippen LogP contribution in [0.4, 0.5) is 0 Å². The Morgan fingerprint density at radius 1 is 1.46 bits per heavy atom. The fourth-order valence-corrected chi connectivity index (χ4v) is 2.12. The standard InChI is InChI=1S/C11H24N2/c1-3-10(7-12)8-13-11-5-4-9(2)6-11/h9-11,13H,3-8,12H2,1-2H3. The van der Waals surface area contributed by atoms with Crippen molar-refractivity contribution in [1.29, 1.82) is 0 Å².